The average molecular weight is 544 g/mol. The number of halogens is 1. The van der Waals surface area contributed by atoms with Gasteiger partial charge in [-0.15, -0.1) is 0 Å². The summed E-state index contributed by atoms with van der Waals surface area (Å²) in [6.45, 7) is 0. The van der Waals surface area contributed by atoms with Crippen LogP contribution in [0.15, 0.2) is 39.7 Å². The van der Waals surface area contributed by atoms with Crippen LogP contribution in [0.5, 0.6) is 0 Å². The van der Waals surface area contributed by atoms with Crippen LogP contribution in [0, 0.1) is 33.3 Å². The molecular weight excluding hydrogens is 522 g/mol. The van der Waals surface area contributed by atoms with Crippen molar-refractivity contribution in [3.8, 4) is 11.3 Å². The summed E-state index contributed by atoms with van der Waals surface area (Å²) in [5, 5.41) is 12.8. The van der Waals surface area contributed by atoms with E-state index in [-0.39, 0.29) is 32.3 Å². The van der Waals surface area contributed by atoms with Crippen molar-refractivity contribution in [3.05, 3.63) is 56.1 Å². The molecule has 7 rings (SSSR count). The van der Waals surface area contributed by atoms with E-state index >= 15 is 0 Å². The van der Waals surface area contributed by atoms with Gasteiger partial charge < -0.3 is 4.42 Å². The van der Waals surface area contributed by atoms with Crippen molar-refractivity contribution < 1.29 is 18.9 Å². The predicted molar refractivity (Wildman–Crippen MR) is 140 cm³/mol. The van der Waals surface area contributed by atoms with Crippen molar-refractivity contribution >= 4 is 63.5 Å². The van der Waals surface area contributed by atoms with E-state index in [0.717, 1.165) is 31.0 Å². The van der Waals surface area contributed by atoms with Gasteiger partial charge in [0.05, 0.1) is 20.8 Å². The van der Waals surface area contributed by atoms with Gasteiger partial charge in [-0.3, -0.25) is 25.1 Å². The Balaban J connectivity index is 1.20. The maximum atomic E-state index is 13.4. The third-order valence-electron chi connectivity index (χ3n) is 7.85. The van der Waals surface area contributed by atoms with E-state index in [1.54, 1.807) is 18.2 Å². The van der Waals surface area contributed by atoms with Crippen LogP contribution in [-0.2, 0) is 9.59 Å². The van der Waals surface area contributed by atoms with Crippen molar-refractivity contribution in [1.82, 2.24) is 10.4 Å². The van der Waals surface area contributed by atoms with E-state index in [1.807, 2.05) is 0 Å². The number of furan rings is 1. The summed E-state index contributed by atoms with van der Waals surface area (Å²) in [6.07, 6.45) is 7.87. The summed E-state index contributed by atoms with van der Waals surface area (Å²) in [4.78, 5) is 37.7. The van der Waals surface area contributed by atoms with Crippen molar-refractivity contribution in [2.75, 3.05) is 0 Å². The number of benzene rings is 1. The van der Waals surface area contributed by atoms with Crippen LogP contribution in [0.25, 0.3) is 17.4 Å². The molecule has 2 amide bonds. The Morgan fingerprint density at radius 1 is 1.19 bits per heavy atom. The van der Waals surface area contributed by atoms with Crippen LogP contribution in [0.3, 0.4) is 0 Å². The number of thiocarbonyl (C=S) groups is 1. The first-order valence-electron chi connectivity index (χ1n) is 11.8. The van der Waals surface area contributed by atoms with Gasteiger partial charge in [-0.1, -0.05) is 23.4 Å². The quantitative estimate of drug-likeness (QED) is 0.215. The number of carbonyl (C=O) groups is 2. The number of hydrazine groups is 1. The van der Waals surface area contributed by atoms with Crippen LogP contribution in [0.2, 0.25) is 5.02 Å². The van der Waals surface area contributed by atoms with Crippen molar-refractivity contribution in [3.63, 3.8) is 0 Å². The zero-order valence-corrected chi connectivity index (χ0v) is 21.5. The maximum Gasteiger partial charge on any atom is 0.285 e. The van der Waals surface area contributed by atoms with Crippen LogP contribution in [0.4, 0.5) is 5.69 Å². The van der Waals surface area contributed by atoms with E-state index in [9.17, 15) is 19.7 Å². The summed E-state index contributed by atoms with van der Waals surface area (Å²) in [5.74, 6) is 1.92. The van der Waals surface area contributed by atoms with Crippen molar-refractivity contribution in [2.24, 2.45) is 23.2 Å². The zero-order valence-electron chi connectivity index (χ0n) is 19.1. The predicted octanol–water partition coefficient (Wildman–Crippen LogP) is 5.96. The molecule has 0 radical (unpaired) electrons. The average Bonchev–Trinajstić information content (AvgIpc) is 3.38. The molecule has 1 saturated heterocycles. The number of hydrogen-bond acceptors (Lipinski definition) is 7. The van der Waals surface area contributed by atoms with E-state index in [4.69, 9.17) is 28.2 Å². The molecule has 1 aliphatic heterocycles. The van der Waals surface area contributed by atoms with Gasteiger partial charge in [-0.05, 0) is 92.8 Å². The zero-order chi connectivity index (χ0) is 25.2. The minimum absolute atomic E-state index is 0.102. The highest BCUT2D eigenvalue weighted by molar-refractivity contribution is 8.26. The summed E-state index contributed by atoms with van der Waals surface area (Å²) in [6, 6.07) is 7.54. The molecular formula is C25H22ClN3O5S2. The Kier molecular flexibility index (Phi) is 5.73. The molecule has 5 aliphatic rings. The van der Waals surface area contributed by atoms with Gasteiger partial charge in [0.2, 0.25) is 5.91 Å². The third-order valence-corrected chi connectivity index (χ3v) is 9.39. The summed E-state index contributed by atoms with van der Waals surface area (Å²) in [7, 11) is 0. The lowest BCUT2D eigenvalue weighted by Gasteiger charge is -2.55. The fourth-order valence-corrected chi connectivity index (χ4v) is 8.07. The lowest BCUT2D eigenvalue weighted by molar-refractivity contribution is -0.384. The molecule has 1 aromatic heterocycles. The number of nitrogens with one attached hydrogen (secondary N) is 1. The van der Waals surface area contributed by atoms with E-state index in [1.165, 1.54) is 42.5 Å². The molecule has 1 N–H and O–H groups in total. The highest BCUT2D eigenvalue weighted by Crippen LogP contribution is 2.60. The molecule has 0 atom stereocenters. The van der Waals surface area contributed by atoms with Gasteiger partial charge in [-0.25, -0.2) is 0 Å². The summed E-state index contributed by atoms with van der Waals surface area (Å²) in [5.41, 5.74) is 2.53. The highest BCUT2D eigenvalue weighted by Gasteiger charge is 2.55. The highest BCUT2D eigenvalue weighted by atomic mass is 35.5. The van der Waals surface area contributed by atoms with E-state index < -0.39 is 16.2 Å². The van der Waals surface area contributed by atoms with Gasteiger partial charge >= 0.3 is 0 Å². The normalized spacial score (nSPS) is 29.9. The number of hydrogen-bond donors (Lipinski definition) is 1. The SMILES string of the molecule is O=C1/C(=C\c2ccc(-c3ccc(Cl)cc3[N+](=O)[O-])o2)SC(=S)N1NC(=O)C12CC3CC(CC(C3)C1)C2. The minimum Gasteiger partial charge on any atom is -0.456 e. The molecule has 4 saturated carbocycles. The van der Waals surface area contributed by atoms with Crippen LogP contribution < -0.4 is 5.43 Å². The molecule has 8 nitrogen and oxygen atoms in total. The van der Waals surface area contributed by atoms with E-state index in [2.05, 4.69) is 5.43 Å². The topological polar surface area (TPSA) is 106 Å². The Hall–Kier alpha value is -2.69. The van der Waals surface area contributed by atoms with Gasteiger partial charge in [0.25, 0.3) is 11.6 Å². The first kappa shape index (κ1) is 23.7. The molecule has 2 heterocycles. The summed E-state index contributed by atoms with van der Waals surface area (Å²) >= 11 is 12.4. The van der Waals surface area contributed by atoms with Gasteiger partial charge in [0.15, 0.2) is 4.32 Å². The van der Waals surface area contributed by atoms with Crippen LogP contribution in [-0.4, -0.2) is 26.1 Å². The largest absolute Gasteiger partial charge is 0.456 e. The maximum absolute atomic E-state index is 13.4. The Labute approximate surface area is 221 Å². The summed E-state index contributed by atoms with van der Waals surface area (Å²) < 4.78 is 6.04. The third kappa shape index (κ3) is 4.05. The molecule has 5 fully saturated rings. The monoisotopic (exact) mass is 543 g/mol. The smallest absolute Gasteiger partial charge is 0.285 e. The molecule has 2 aromatic rings. The van der Waals surface area contributed by atoms with Crippen LogP contribution in [0.1, 0.15) is 44.3 Å². The Morgan fingerprint density at radius 2 is 1.86 bits per heavy atom. The molecule has 0 unspecified atom stereocenters. The number of nitro groups is 1. The second-order valence-corrected chi connectivity index (χ2v) is 12.4. The fourth-order valence-electron chi connectivity index (χ4n) is 6.74. The molecule has 36 heavy (non-hydrogen) atoms. The number of carbonyl (C=O) groups excluding carboxylic acids is 2. The molecule has 0 spiro atoms. The number of thioether (sulfide) groups is 1. The lowest BCUT2D eigenvalue weighted by atomic mass is 9.49. The number of nitro benzene ring substituents is 1. The van der Waals surface area contributed by atoms with Gasteiger partial charge in [-0.2, -0.15) is 5.01 Å². The Morgan fingerprint density at radius 3 is 2.50 bits per heavy atom. The number of nitrogens with zero attached hydrogens (tertiary/aromatic N) is 2. The fraction of sp³-hybridized carbons (Fsp3) is 0.400. The number of rotatable bonds is 5. The standard InChI is InChI=1S/C25H22ClN3O5S2/c26-16-1-3-18(19(8-16)29(32)33)20-4-2-17(34-20)9-21-22(30)28(24(35)36-21)27-23(31)25-10-13-5-14(11-25)7-15(6-13)12-25/h1-4,8-9,13-15H,5-7,10-12H2,(H,27,31)/b21-9+. The van der Waals surface area contributed by atoms with Crippen LogP contribution >= 0.6 is 35.6 Å². The first-order valence-corrected chi connectivity index (χ1v) is 13.4. The van der Waals surface area contributed by atoms with E-state index in [0.29, 0.717) is 28.4 Å². The molecule has 4 bridgehead atoms. The molecule has 186 valence electrons. The molecule has 11 heteroatoms. The van der Waals surface area contributed by atoms with Crippen molar-refractivity contribution in [1.29, 1.82) is 0 Å². The Bertz CT molecular complexity index is 1320. The molecule has 1 aromatic carbocycles. The lowest BCUT2D eigenvalue weighted by Crippen LogP contribution is -2.57. The van der Waals surface area contributed by atoms with Gasteiger partial charge in [0.1, 0.15) is 11.5 Å². The molecule has 4 aliphatic carbocycles. The first-order chi connectivity index (χ1) is 17.2. The minimum atomic E-state index is -0.527. The number of amides is 2. The van der Waals surface area contributed by atoms with Crippen molar-refractivity contribution in [2.45, 2.75) is 38.5 Å². The second kappa shape index (κ2) is 8.71. The second-order valence-electron chi connectivity index (χ2n) is 10.3. The van der Waals surface area contributed by atoms with Gasteiger partial charge in [0, 0.05) is 17.2 Å².